The van der Waals surface area contributed by atoms with Gasteiger partial charge in [0.15, 0.2) is 0 Å². The quantitative estimate of drug-likeness (QED) is 0.630. The van der Waals surface area contributed by atoms with Gasteiger partial charge in [0, 0.05) is 13.3 Å². The Labute approximate surface area is 154 Å². The molecule has 5 atom stereocenters. The largest absolute Gasteiger partial charge is 0.466 e. The molecule has 0 aromatic carbocycles. The van der Waals surface area contributed by atoms with Crippen molar-refractivity contribution in [2.75, 3.05) is 6.61 Å². The van der Waals surface area contributed by atoms with Crippen LogP contribution in [0, 0.1) is 22.7 Å². The summed E-state index contributed by atoms with van der Waals surface area (Å²) in [7, 11) is 0. The monoisotopic (exact) mass is 350 g/mol. The Hall–Kier alpha value is -0.570. The Morgan fingerprint density at radius 2 is 1.68 bits per heavy atom. The summed E-state index contributed by atoms with van der Waals surface area (Å²) in [5, 5.41) is 0. The van der Waals surface area contributed by atoms with E-state index in [1.54, 1.807) is 0 Å². The Balaban J connectivity index is 1.76. The Kier molecular flexibility index (Phi) is 4.80. The highest BCUT2D eigenvalue weighted by Crippen LogP contribution is 2.65. The molecular weight excluding hydrogens is 312 g/mol. The van der Waals surface area contributed by atoms with Crippen molar-refractivity contribution in [1.29, 1.82) is 0 Å². The smallest absolute Gasteiger partial charge is 0.302 e. The molecule has 1 saturated heterocycles. The number of esters is 1. The van der Waals surface area contributed by atoms with Gasteiger partial charge in [-0.1, -0.05) is 27.2 Å². The van der Waals surface area contributed by atoms with Crippen molar-refractivity contribution in [1.82, 2.24) is 0 Å². The van der Waals surface area contributed by atoms with Crippen LogP contribution in [-0.2, 0) is 14.3 Å². The summed E-state index contributed by atoms with van der Waals surface area (Å²) in [4.78, 5) is 11.1. The number of ether oxygens (including phenoxy) is 2. The van der Waals surface area contributed by atoms with Gasteiger partial charge in [0.25, 0.3) is 0 Å². The Morgan fingerprint density at radius 1 is 1.00 bits per heavy atom. The third-order valence-electron chi connectivity index (χ3n) is 8.12. The van der Waals surface area contributed by atoms with Gasteiger partial charge in [-0.25, -0.2) is 0 Å². The maximum Gasteiger partial charge on any atom is 0.302 e. The van der Waals surface area contributed by atoms with Crippen LogP contribution in [0.1, 0.15) is 92.9 Å². The molecule has 3 fully saturated rings. The molecule has 0 unspecified atom stereocenters. The third kappa shape index (κ3) is 3.38. The molecule has 0 radical (unpaired) electrons. The van der Waals surface area contributed by atoms with Crippen LogP contribution >= 0.6 is 0 Å². The second kappa shape index (κ2) is 6.25. The van der Waals surface area contributed by atoms with Gasteiger partial charge in [-0.3, -0.25) is 4.79 Å². The van der Waals surface area contributed by atoms with Crippen LogP contribution in [0.25, 0.3) is 0 Å². The van der Waals surface area contributed by atoms with E-state index in [1.807, 2.05) is 0 Å². The van der Waals surface area contributed by atoms with Crippen molar-refractivity contribution in [2.24, 2.45) is 22.7 Å². The first-order chi connectivity index (χ1) is 11.5. The average molecular weight is 351 g/mol. The van der Waals surface area contributed by atoms with Gasteiger partial charge in [-0.2, -0.15) is 0 Å². The van der Waals surface area contributed by atoms with Crippen LogP contribution in [0.15, 0.2) is 0 Å². The topological polar surface area (TPSA) is 35.5 Å². The van der Waals surface area contributed by atoms with E-state index < -0.39 is 0 Å². The lowest BCUT2D eigenvalue weighted by atomic mass is 9.44. The standard InChI is InChI=1S/C22H38O3/c1-16(23)24-15-14-20(4)12-8-18-21(5)11-7-10-19(2,3)17(21)9-13-22(18,6)25-20/h17-18H,7-15H2,1-6H3/t17-,18+,20-,21-,22+/m0/s1. The Morgan fingerprint density at radius 3 is 2.36 bits per heavy atom. The number of fused-ring (bicyclic) bond motifs is 3. The maximum absolute atomic E-state index is 11.1. The number of hydrogen-bond donors (Lipinski definition) is 0. The zero-order valence-electron chi connectivity index (χ0n) is 17.2. The third-order valence-corrected chi connectivity index (χ3v) is 8.12. The predicted molar refractivity (Wildman–Crippen MR) is 100 cm³/mol. The van der Waals surface area contributed by atoms with E-state index in [9.17, 15) is 4.79 Å². The molecule has 0 aromatic rings. The van der Waals surface area contributed by atoms with E-state index in [0.717, 1.165) is 18.8 Å². The normalized spacial score (nSPS) is 46.0. The second-order valence-electron chi connectivity index (χ2n) is 10.5. The zero-order chi connectivity index (χ0) is 18.5. The molecule has 3 aliphatic rings. The number of carbonyl (C=O) groups is 1. The summed E-state index contributed by atoms with van der Waals surface area (Å²) in [6.45, 7) is 14.1. The van der Waals surface area contributed by atoms with Crippen LogP contribution in [0.2, 0.25) is 0 Å². The van der Waals surface area contributed by atoms with Gasteiger partial charge in [-0.15, -0.1) is 0 Å². The first-order valence-electron chi connectivity index (χ1n) is 10.3. The molecule has 0 amide bonds. The van der Waals surface area contributed by atoms with Gasteiger partial charge in [0.2, 0.25) is 0 Å². The van der Waals surface area contributed by atoms with Crippen LogP contribution in [0.3, 0.4) is 0 Å². The minimum atomic E-state index is -0.194. The molecule has 0 spiro atoms. The number of hydrogen-bond acceptors (Lipinski definition) is 3. The van der Waals surface area contributed by atoms with E-state index in [4.69, 9.17) is 9.47 Å². The lowest BCUT2D eigenvalue weighted by Crippen LogP contribution is -2.62. The number of rotatable bonds is 3. The molecule has 2 saturated carbocycles. The van der Waals surface area contributed by atoms with E-state index in [-0.39, 0.29) is 17.2 Å². The van der Waals surface area contributed by atoms with Crippen LogP contribution in [0.4, 0.5) is 0 Å². The van der Waals surface area contributed by atoms with Crippen molar-refractivity contribution in [3.05, 3.63) is 0 Å². The fraction of sp³-hybridized carbons (Fsp3) is 0.955. The molecule has 0 aromatic heterocycles. The highest BCUT2D eigenvalue weighted by atomic mass is 16.5. The highest BCUT2D eigenvalue weighted by Gasteiger charge is 2.61. The SMILES string of the molecule is CC(=O)OCC[C@]1(C)CC[C@@H]2[C@@]3(C)CCCC(C)(C)[C@@H]3CC[C@@]2(C)O1. The molecule has 3 heteroatoms. The molecular formula is C22H38O3. The van der Waals surface area contributed by atoms with Gasteiger partial charge >= 0.3 is 5.97 Å². The van der Waals surface area contributed by atoms with E-state index in [0.29, 0.717) is 23.4 Å². The zero-order valence-corrected chi connectivity index (χ0v) is 17.2. The second-order valence-corrected chi connectivity index (χ2v) is 10.5. The molecule has 3 rings (SSSR count). The maximum atomic E-state index is 11.1. The lowest BCUT2D eigenvalue weighted by molar-refractivity contribution is -0.268. The van der Waals surface area contributed by atoms with Gasteiger partial charge in [-0.05, 0) is 75.0 Å². The van der Waals surface area contributed by atoms with E-state index in [2.05, 4.69) is 34.6 Å². The lowest BCUT2D eigenvalue weighted by Gasteiger charge is -2.65. The fourth-order valence-electron chi connectivity index (χ4n) is 7.01. The summed E-state index contributed by atoms with van der Waals surface area (Å²) in [6, 6.07) is 0. The minimum absolute atomic E-state index is 0.0259. The number of carbonyl (C=O) groups excluding carboxylic acids is 1. The highest BCUT2D eigenvalue weighted by molar-refractivity contribution is 5.65. The van der Waals surface area contributed by atoms with Crippen LogP contribution in [0.5, 0.6) is 0 Å². The average Bonchev–Trinajstić information content (AvgIpc) is 2.44. The summed E-state index contributed by atoms with van der Waals surface area (Å²) in [5.41, 5.74) is 0.687. The molecule has 3 nitrogen and oxygen atoms in total. The molecule has 0 bridgehead atoms. The summed E-state index contributed by atoms with van der Waals surface area (Å²) in [6.07, 6.45) is 9.68. The summed E-state index contributed by atoms with van der Waals surface area (Å²) < 4.78 is 12.0. The minimum Gasteiger partial charge on any atom is -0.466 e. The predicted octanol–water partition coefficient (Wildman–Crippen LogP) is 5.51. The van der Waals surface area contributed by atoms with Crippen molar-refractivity contribution in [3.8, 4) is 0 Å². The molecule has 0 N–H and O–H groups in total. The Bertz CT molecular complexity index is 527. The van der Waals surface area contributed by atoms with Gasteiger partial charge in [0.05, 0.1) is 17.8 Å². The van der Waals surface area contributed by atoms with Gasteiger partial charge < -0.3 is 9.47 Å². The van der Waals surface area contributed by atoms with Crippen molar-refractivity contribution < 1.29 is 14.3 Å². The van der Waals surface area contributed by atoms with E-state index >= 15 is 0 Å². The molecule has 144 valence electrons. The molecule has 1 aliphatic heterocycles. The van der Waals surface area contributed by atoms with Crippen LogP contribution in [-0.4, -0.2) is 23.8 Å². The molecule has 2 aliphatic carbocycles. The van der Waals surface area contributed by atoms with Crippen molar-refractivity contribution >= 4 is 5.97 Å². The van der Waals surface area contributed by atoms with Gasteiger partial charge in [0.1, 0.15) is 0 Å². The summed E-state index contributed by atoms with van der Waals surface area (Å²) in [5.74, 6) is 1.28. The van der Waals surface area contributed by atoms with Crippen LogP contribution < -0.4 is 0 Å². The molecule has 25 heavy (non-hydrogen) atoms. The summed E-state index contributed by atoms with van der Waals surface area (Å²) >= 11 is 0. The van der Waals surface area contributed by atoms with Crippen molar-refractivity contribution in [2.45, 2.75) is 104 Å². The van der Waals surface area contributed by atoms with Crippen molar-refractivity contribution in [3.63, 3.8) is 0 Å². The first-order valence-corrected chi connectivity index (χ1v) is 10.3. The van der Waals surface area contributed by atoms with E-state index in [1.165, 1.54) is 45.4 Å². The molecule has 1 heterocycles. The fourth-order valence-corrected chi connectivity index (χ4v) is 7.01. The first kappa shape index (κ1) is 19.2.